The Morgan fingerprint density at radius 3 is 2.69 bits per heavy atom. The Balaban J connectivity index is 1.82. The summed E-state index contributed by atoms with van der Waals surface area (Å²) in [6.07, 6.45) is 9.86. The van der Waals surface area contributed by atoms with Crippen LogP contribution < -0.4 is 0 Å². The molecule has 1 N–H and O–H groups in total. The third-order valence-corrected chi connectivity index (χ3v) is 5.95. The van der Waals surface area contributed by atoms with Crippen molar-refractivity contribution in [3.05, 3.63) is 85.0 Å². The molecule has 154 valence electrons. The molecule has 1 fully saturated rings. The van der Waals surface area contributed by atoms with Crippen LogP contribution in [0.5, 0.6) is 0 Å². The number of nitrogens with zero attached hydrogens (tertiary/aromatic N) is 3. The van der Waals surface area contributed by atoms with E-state index in [4.69, 9.17) is 4.98 Å². The third kappa shape index (κ3) is 4.95. The number of rotatable bonds is 10. The Morgan fingerprint density at radius 1 is 1.28 bits per heavy atom. The van der Waals surface area contributed by atoms with Crippen molar-refractivity contribution in [1.82, 2.24) is 19.8 Å². The second-order valence-electron chi connectivity index (χ2n) is 7.54. The number of likely N-dealkylation sites (N-methyl/N-ethyl adjacent to an activating group) is 1. The Hall–Kier alpha value is -2.43. The van der Waals surface area contributed by atoms with E-state index in [9.17, 15) is 0 Å². The fourth-order valence-corrected chi connectivity index (χ4v) is 4.40. The molecular weight excluding hydrogens is 356 g/mol. The van der Waals surface area contributed by atoms with Crippen molar-refractivity contribution in [3.8, 4) is 0 Å². The first-order valence-corrected chi connectivity index (χ1v) is 10.7. The minimum atomic E-state index is 0.334. The number of nitrogens with one attached hydrogen (secondary N) is 1. The van der Waals surface area contributed by atoms with E-state index in [-0.39, 0.29) is 0 Å². The number of H-pyrrole nitrogens is 1. The molecule has 0 spiro atoms. The lowest BCUT2D eigenvalue weighted by Crippen LogP contribution is -2.38. The summed E-state index contributed by atoms with van der Waals surface area (Å²) in [6, 6.07) is 11.6. The van der Waals surface area contributed by atoms with Gasteiger partial charge in [-0.05, 0) is 43.6 Å². The monoisotopic (exact) mass is 390 g/mol. The van der Waals surface area contributed by atoms with Gasteiger partial charge < -0.3 is 4.98 Å². The van der Waals surface area contributed by atoms with Crippen molar-refractivity contribution in [2.45, 2.75) is 38.8 Å². The number of aromatic amines is 1. The normalized spacial score (nSPS) is 18.9. The maximum Gasteiger partial charge on any atom is 0.123 e. The fourth-order valence-electron chi connectivity index (χ4n) is 4.40. The van der Waals surface area contributed by atoms with Crippen molar-refractivity contribution in [1.29, 1.82) is 0 Å². The molecule has 2 heterocycles. The first kappa shape index (κ1) is 21.3. The van der Waals surface area contributed by atoms with Gasteiger partial charge >= 0.3 is 0 Å². The van der Waals surface area contributed by atoms with Gasteiger partial charge in [0.25, 0.3) is 0 Å². The zero-order valence-electron chi connectivity index (χ0n) is 17.8. The van der Waals surface area contributed by atoms with Gasteiger partial charge in [0.05, 0.1) is 17.9 Å². The standard InChI is InChI=1S/C25H34N4/c1-5-13-20(6-2)22-18-26-25(27-22)23-16-12-17-29(23)19-24(28(7-3)8-4)21-14-10-9-11-15-21/h5-6,9-11,13-15,18,23-24H,1-2,7-8,12,16-17,19H2,3-4H3,(H,26,27). The molecule has 2 unspecified atom stereocenters. The topological polar surface area (TPSA) is 35.2 Å². The molecule has 0 radical (unpaired) electrons. The van der Waals surface area contributed by atoms with Crippen LogP contribution in [0.4, 0.5) is 0 Å². The van der Waals surface area contributed by atoms with Gasteiger partial charge in [0.15, 0.2) is 0 Å². The molecule has 2 atom stereocenters. The molecular formula is C25H34N4. The highest BCUT2D eigenvalue weighted by atomic mass is 15.3. The SMILES string of the molecule is C=CC=C(C=C)c1cnc(C2CCCN2CC(c2ccccc2)N(CC)CC)[nH]1. The predicted octanol–water partition coefficient (Wildman–Crippen LogP) is 5.39. The fraction of sp³-hybridized carbons (Fsp3) is 0.400. The molecule has 2 aromatic rings. The van der Waals surface area contributed by atoms with Gasteiger partial charge in [0.1, 0.15) is 5.82 Å². The molecule has 3 rings (SSSR count). The quantitative estimate of drug-likeness (QED) is 0.553. The molecule has 0 bridgehead atoms. The highest BCUT2D eigenvalue weighted by Crippen LogP contribution is 2.34. The summed E-state index contributed by atoms with van der Waals surface area (Å²) in [5, 5.41) is 0. The van der Waals surface area contributed by atoms with E-state index in [1.165, 1.54) is 12.0 Å². The molecule has 1 aliphatic heterocycles. The van der Waals surface area contributed by atoms with E-state index in [1.807, 2.05) is 18.3 Å². The van der Waals surface area contributed by atoms with Crippen molar-refractivity contribution in [2.75, 3.05) is 26.2 Å². The van der Waals surface area contributed by atoms with Gasteiger partial charge in [-0.15, -0.1) is 0 Å². The average molecular weight is 391 g/mol. The molecule has 1 aromatic carbocycles. The maximum atomic E-state index is 4.73. The van der Waals surface area contributed by atoms with Crippen molar-refractivity contribution < 1.29 is 0 Å². The van der Waals surface area contributed by atoms with Gasteiger partial charge in [-0.1, -0.05) is 75.6 Å². The van der Waals surface area contributed by atoms with Crippen LogP contribution in [0.15, 0.2) is 67.9 Å². The van der Waals surface area contributed by atoms with Crippen molar-refractivity contribution in [3.63, 3.8) is 0 Å². The number of aromatic nitrogens is 2. The highest BCUT2D eigenvalue weighted by Gasteiger charge is 2.31. The van der Waals surface area contributed by atoms with Gasteiger partial charge in [-0.2, -0.15) is 0 Å². The molecule has 1 aromatic heterocycles. The van der Waals surface area contributed by atoms with Crippen molar-refractivity contribution >= 4 is 5.57 Å². The minimum absolute atomic E-state index is 0.334. The zero-order chi connectivity index (χ0) is 20.6. The third-order valence-electron chi connectivity index (χ3n) is 5.95. The van der Waals surface area contributed by atoms with E-state index in [0.29, 0.717) is 12.1 Å². The lowest BCUT2D eigenvalue weighted by Gasteiger charge is -2.35. The van der Waals surface area contributed by atoms with E-state index >= 15 is 0 Å². The van der Waals surface area contributed by atoms with E-state index in [0.717, 1.165) is 49.7 Å². The molecule has 4 heteroatoms. The molecule has 1 saturated heterocycles. The number of hydrogen-bond donors (Lipinski definition) is 1. The van der Waals surface area contributed by atoms with E-state index in [1.54, 1.807) is 6.08 Å². The Kier molecular flexibility index (Phi) is 7.62. The van der Waals surface area contributed by atoms with Crippen LogP contribution in [0.25, 0.3) is 5.57 Å². The molecule has 0 aliphatic carbocycles. The Bertz CT molecular complexity index is 816. The Morgan fingerprint density at radius 2 is 2.03 bits per heavy atom. The molecule has 1 aliphatic rings. The Labute approximate surface area is 175 Å². The molecule has 0 saturated carbocycles. The van der Waals surface area contributed by atoms with E-state index in [2.05, 4.69) is 72.1 Å². The summed E-state index contributed by atoms with van der Waals surface area (Å²) in [4.78, 5) is 13.4. The second-order valence-corrected chi connectivity index (χ2v) is 7.54. The number of imidazole rings is 1. The second kappa shape index (κ2) is 10.4. The summed E-state index contributed by atoms with van der Waals surface area (Å²) < 4.78 is 0. The van der Waals surface area contributed by atoms with Gasteiger partial charge in [0.2, 0.25) is 0 Å². The highest BCUT2D eigenvalue weighted by molar-refractivity contribution is 5.72. The summed E-state index contributed by atoms with van der Waals surface area (Å²) in [7, 11) is 0. The number of benzene rings is 1. The number of allylic oxidation sites excluding steroid dienone is 4. The minimum Gasteiger partial charge on any atom is -0.341 e. The van der Waals surface area contributed by atoms with Crippen LogP contribution in [0, 0.1) is 0 Å². The van der Waals surface area contributed by atoms with Crippen LogP contribution in [-0.4, -0.2) is 45.9 Å². The van der Waals surface area contributed by atoms with Crippen molar-refractivity contribution in [2.24, 2.45) is 0 Å². The smallest absolute Gasteiger partial charge is 0.123 e. The maximum absolute atomic E-state index is 4.73. The summed E-state index contributed by atoms with van der Waals surface area (Å²) in [5.41, 5.74) is 3.42. The number of hydrogen-bond acceptors (Lipinski definition) is 3. The van der Waals surface area contributed by atoms with Crippen LogP contribution >= 0.6 is 0 Å². The van der Waals surface area contributed by atoms with Crippen LogP contribution in [0.3, 0.4) is 0 Å². The lowest BCUT2D eigenvalue weighted by molar-refractivity contribution is 0.138. The first-order chi connectivity index (χ1) is 14.2. The summed E-state index contributed by atoms with van der Waals surface area (Å²) in [5.74, 6) is 1.06. The number of likely N-dealkylation sites (tertiary alicyclic amines) is 1. The average Bonchev–Trinajstić information content (AvgIpc) is 3.42. The van der Waals surface area contributed by atoms with E-state index < -0.39 is 0 Å². The first-order valence-electron chi connectivity index (χ1n) is 10.7. The van der Waals surface area contributed by atoms with Crippen LogP contribution in [0.1, 0.15) is 55.9 Å². The summed E-state index contributed by atoms with van der Waals surface area (Å²) >= 11 is 0. The lowest BCUT2D eigenvalue weighted by atomic mass is 10.0. The largest absolute Gasteiger partial charge is 0.341 e. The zero-order valence-corrected chi connectivity index (χ0v) is 17.8. The molecule has 29 heavy (non-hydrogen) atoms. The van der Waals surface area contributed by atoms with Gasteiger partial charge in [-0.25, -0.2) is 4.98 Å². The molecule has 4 nitrogen and oxygen atoms in total. The predicted molar refractivity (Wildman–Crippen MR) is 123 cm³/mol. The van der Waals surface area contributed by atoms with Crippen LogP contribution in [-0.2, 0) is 0 Å². The molecule has 0 amide bonds. The summed E-state index contributed by atoms with van der Waals surface area (Å²) in [6.45, 7) is 16.4. The van der Waals surface area contributed by atoms with Gasteiger partial charge in [-0.3, -0.25) is 9.80 Å². The van der Waals surface area contributed by atoms with Crippen LogP contribution in [0.2, 0.25) is 0 Å². The van der Waals surface area contributed by atoms with Gasteiger partial charge in [0, 0.05) is 12.6 Å².